The summed E-state index contributed by atoms with van der Waals surface area (Å²) in [4.78, 5) is 35.0. The Balaban J connectivity index is 1.64. The van der Waals surface area contributed by atoms with E-state index in [2.05, 4.69) is 10.6 Å². The van der Waals surface area contributed by atoms with Crippen molar-refractivity contribution >= 4 is 34.6 Å². The summed E-state index contributed by atoms with van der Waals surface area (Å²) in [6, 6.07) is 20.3. The molecule has 0 saturated heterocycles. The molecule has 3 aromatic rings. The van der Waals surface area contributed by atoms with Crippen molar-refractivity contribution < 1.29 is 19.2 Å². The van der Waals surface area contributed by atoms with Gasteiger partial charge in [0.05, 0.1) is 21.9 Å². The van der Waals surface area contributed by atoms with Gasteiger partial charge in [-0.15, -0.1) is 0 Å². The molecule has 0 aromatic heterocycles. The van der Waals surface area contributed by atoms with Crippen LogP contribution in [0.1, 0.15) is 15.9 Å². The largest absolute Gasteiger partial charge is 0.452 e. The number of anilines is 3. The number of carbonyl (C=O) groups excluding carboxylic acids is 2. The zero-order valence-corrected chi connectivity index (χ0v) is 16.1. The van der Waals surface area contributed by atoms with Crippen LogP contribution in [0.3, 0.4) is 0 Å². The van der Waals surface area contributed by atoms with Crippen LogP contribution in [-0.4, -0.2) is 23.4 Å². The molecule has 0 unspecified atom stereocenters. The first-order chi connectivity index (χ1) is 14.4. The minimum Gasteiger partial charge on any atom is -0.452 e. The number of ether oxygens (including phenoxy) is 1. The molecule has 0 heterocycles. The number of rotatable bonds is 7. The zero-order chi connectivity index (χ0) is 21.5. The van der Waals surface area contributed by atoms with E-state index in [9.17, 15) is 19.7 Å². The Hall–Kier alpha value is -4.20. The van der Waals surface area contributed by atoms with Gasteiger partial charge in [0, 0.05) is 17.8 Å². The van der Waals surface area contributed by atoms with E-state index in [1.54, 1.807) is 31.2 Å². The SMILES string of the molecule is Cc1ccc([N+](=O)[O-])cc1NC(=O)COC(=O)c1ccccc1Nc1ccccc1. The van der Waals surface area contributed by atoms with Crippen molar-refractivity contribution in [2.24, 2.45) is 0 Å². The second-order valence-corrected chi connectivity index (χ2v) is 6.42. The van der Waals surface area contributed by atoms with Crippen molar-refractivity contribution in [2.45, 2.75) is 6.92 Å². The molecule has 0 radical (unpaired) electrons. The number of nitro groups is 1. The van der Waals surface area contributed by atoms with Crippen molar-refractivity contribution in [3.63, 3.8) is 0 Å². The Kier molecular flexibility index (Phi) is 6.39. The molecule has 1 amide bonds. The molecule has 3 rings (SSSR count). The van der Waals surface area contributed by atoms with Crippen LogP contribution in [0.25, 0.3) is 0 Å². The Morgan fingerprint density at radius 2 is 1.67 bits per heavy atom. The lowest BCUT2D eigenvalue weighted by Crippen LogP contribution is -2.21. The van der Waals surface area contributed by atoms with Crippen molar-refractivity contribution in [3.8, 4) is 0 Å². The third kappa shape index (κ3) is 5.20. The van der Waals surface area contributed by atoms with Crippen LogP contribution in [0.2, 0.25) is 0 Å². The first-order valence-corrected chi connectivity index (χ1v) is 9.07. The summed E-state index contributed by atoms with van der Waals surface area (Å²) in [7, 11) is 0. The number of benzene rings is 3. The van der Waals surface area contributed by atoms with Gasteiger partial charge < -0.3 is 15.4 Å². The van der Waals surface area contributed by atoms with Crippen LogP contribution in [0.4, 0.5) is 22.7 Å². The summed E-state index contributed by atoms with van der Waals surface area (Å²) >= 11 is 0. The summed E-state index contributed by atoms with van der Waals surface area (Å²) < 4.78 is 5.13. The number of nitrogens with zero attached hydrogens (tertiary/aromatic N) is 1. The van der Waals surface area contributed by atoms with Crippen LogP contribution in [-0.2, 0) is 9.53 Å². The smallest absolute Gasteiger partial charge is 0.340 e. The minimum atomic E-state index is -0.667. The van der Waals surface area contributed by atoms with Gasteiger partial charge in [-0.3, -0.25) is 14.9 Å². The lowest BCUT2D eigenvalue weighted by Gasteiger charge is -2.12. The van der Waals surface area contributed by atoms with Crippen LogP contribution < -0.4 is 10.6 Å². The van der Waals surface area contributed by atoms with E-state index < -0.39 is 23.4 Å². The molecule has 0 saturated carbocycles. The summed E-state index contributed by atoms with van der Waals surface area (Å²) in [6.45, 7) is 1.18. The molecule has 0 fully saturated rings. The summed E-state index contributed by atoms with van der Waals surface area (Å²) in [6.07, 6.45) is 0. The molecule has 8 nitrogen and oxygen atoms in total. The van der Waals surface area contributed by atoms with Crippen LogP contribution in [0.5, 0.6) is 0 Å². The van der Waals surface area contributed by atoms with E-state index in [-0.39, 0.29) is 16.9 Å². The minimum absolute atomic E-state index is 0.145. The van der Waals surface area contributed by atoms with E-state index in [1.165, 1.54) is 18.2 Å². The monoisotopic (exact) mass is 405 g/mol. The number of nitro benzene ring substituents is 1. The number of para-hydroxylation sites is 2. The molecule has 2 N–H and O–H groups in total. The van der Waals surface area contributed by atoms with Crippen LogP contribution in [0, 0.1) is 17.0 Å². The first-order valence-electron chi connectivity index (χ1n) is 9.07. The van der Waals surface area contributed by atoms with Gasteiger partial charge in [-0.05, 0) is 36.8 Å². The van der Waals surface area contributed by atoms with Gasteiger partial charge in [-0.2, -0.15) is 0 Å². The van der Waals surface area contributed by atoms with Gasteiger partial charge >= 0.3 is 5.97 Å². The molecule has 0 aliphatic heterocycles. The Labute approximate surface area is 172 Å². The summed E-state index contributed by atoms with van der Waals surface area (Å²) in [5.41, 5.74) is 2.42. The maximum atomic E-state index is 12.5. The molecular weight excluding hydrogens is 386 g/mol. The molecule has 30 heavy (non-hydrogen) atoms. The van der Waals surface area contributed by atoms with Crippen molar-refractivity contribution in [1.29, 1.82) is 0 Å². The third-order valence-corrected chi connectivity index (χ3v) is 4.24. The highest BCUT2D eigenvalue weighted by molar-refractivity contribution is 5.99. The number of hydrogen-bond acceptors (Lipinski definition) is 6. The molecule has 152 valence electrons. The van der Waals surface area contributed by atoms with E-state index in [0.29, 0.717) is 11.3 Å². The standard InChI is InChI=1S/C22H19N3O5/c1-15-11-12-17(25(28)29)13-20(15)24-21(26)14-30-22(27)18-9-5-6-10-19(18)23-16-7-3-2-4-8-16/h2-13,23H,14H2,1H3,(H,24,26). The number of non-ortho nitro benzene ring substituents is 1. The second kappa shape index (κ2) is 9.33. The van der Waals surface area contributed by atoms with Gasteiger partial charge in [0.15, 0.2) is 6.61 Å². The maximum Gasteiger partial charge on any atom is 0.340 e. The Morgan fingerprint density at radius 1 is 0.967 bits per heavy atom. The Bertz CT molecular complexity index is 1080. The molecule has 0 bridgehead atoms. The molecule has 0 spiro atoms. The van der Waals surface area contributed by atoms with Gasteiger partial charge in [-0.25, -0.2) is 4.79 Å². The second-order valence-electron chi connectivity index (χ2n) is 6.42. The quantitative estimate of drug-likeness (QED) is 0.341. The van der Waals surface area contributed by atoms with Gasteiger partial charge in [0.2, 0.25) is 0 Å². The number of hydrogen-bond donors (Lipinski definition) is 2. The topological polar surface area (TPSA) is 111 Å². The average molecular weight is 405 g/mol. The maximum absolute atomic E-state index is 12.5. The molecular formula is C22H19N3O5. The predicted molar refractivity (Wildman–Crippen MR) is 113 cm³/mol. The predicted octanol–water partition coefficient (Wildman–Crippen LogP) is 4.44. The van der Waals surface area contributed by atoms with E-state index in [1.807, 2.05) is 30.3 Å². The molecule has 0 aliphatic rings. The average Bonchev–Trinajstić information content (AvgIpc) is 2.74. The lowest BCUT2D eigenvalue weighted by atomic mass is 10.1. The third-order valence-electron chi connectivity index (χ3n) is 4.24. The normalized spacial score (nSPS) is 10.2. The van der Waals surface area contributed by atoms with E-state index in [0.717, 1.165) is 5.69 Å². The number of esters is 1. The van der Waals surface area contributed by atoms with Crippen molar-refractivity contribution in [3.05, 3.63) is 94.0 Å². The van der Waals surface area contributed by atoms with Gasteiger partial charge in [-0.1, -0.05) is 36.4 Å². The highest BCUT2D eigenvalue weighted by atomic mass is 16.6. The highest BCUT2D eigenvalue weighted by Crippen LogP contribution is 2.23. The fourth-order valence-electron chi connectivity index (χ4n) is 2.70. The molecule has 3 aromatic carbocycles. The summed E-state index contributed by atoms with van der Waals surface area (Å²) in [5.74, 6) is -1.26. The van der Waals surface area contributed by atoms with E-state index >= 15 is 0 Å². The fourth-order valence-corrected chi connectivity index (χ4v) is 2.70. The number of nitrogens with one attached hydrogen (secondary N) is 2. The van der Waals surface area contributed by atoms with E-state index in [4.69, 9.17) is 4.74 Å². The fraction of sp³-hybridized carbons (Fsp3) is 0.0909. The number of carbonyl (C=O) groups is 2. The molecule has 0 atom stereocenters. The number of amides is 1. The summed E-state index contributed by atoms with van der Waals surface area (Å²) in [5, 5.41) is 16.6. The van der Waals surface area contributed by atoms with Gasteiger partial charge in [0.25, 0.3) is 11.6 Å². The van der Waals surface area contributed by atoms with Crippen LogP contribution in [0.15, 0.2) is 72.8 Å². The highest BCUT2D eigenvalue weighted by Gasteiger charge is 2.16. The lowest BCUT2D eigenvalue weighted by molar-refractivity contribution is -0.384. The van der Waals surface area contributed by atoms with Gasteiger partial charge in [0.1, 0.15) is 0 Å². The van der Waals surface area contributed by atoms with Crippen LogP contribution >= 0.6 is 0 Å². The van der Waals surface area contributed by atoms with Crippen molar-refractivity contribution in [1.82, 2.24) is 0 Å². The molecule has 8 heteroatoms. The zero-order valence-electron chi connectivity index (χ0n) is 16.1. The van der Waals surface area contributed by atoms with Crippen molar-refractivity contribution in [2.75, 3.05) is 17.2 Å². The molecule has 0 aliphatic carbocycles. The number of aryl methyl sites for hydroxylation is 1. The Morgan fingerprint density at radius 3 is 2.40 bits per heavy atom. The first kappa shape index (κ1) is 20.5.